The van der Waals surface area contributed by atoms with E-state index < -0.39 is 41.7 Å². The highest BCUT2D eigenvalue weighted by Crippen LogP contribution is 2.10. The molecule has 4 amide bonds. The van der Waals surface area contributed by atoms with Gasteiger partial charge in [0, 0.05) is 30.8 Å². The van der Waals surface area contributed by atoms with Crippen molar-refractivity contribution in [2.24, 2.45) is 5.92 Å². The molecule has 0 fully saturated rings. The van der Waals surface area contributed by atoms with Gasteiger partial charge < -0.3 is 31.1 Å². The zero-order valence-electron chi connectivity index (χ0n) is 19.7. The van der Waals surface area contributed by atoms with Crippen molar-refractivity contribution >= 4 is 35.3 Å². The number of carbonyl (C=O) groups is 5. The predicted octanol–water partition coefficient (Wildman–Crippen LogP) is -0.00160. The Morgan fingerprint density at radius 1 is 0.971 bits per heavy atom. The van der Waals surface area contributed by atoms with Crippen LogP contribution in [0.1, 0.15) is 32.8 Å². The Kier molecular flexibility index (Phi) is 12.0. The smallest absolute Gasteiger partial charge is 0.330 e. The van der Waals surface area contributed by atoms with Gasteiger partial charge in [-0.15, -0.1) is 0 Å². The van der Waals surface area contributed by atoms with E-state index in [0.29, 0.717) is 11.3 Å². The number of aliphatic hydroxyl groups excluding tert-OH is 1. The van der Waals surface area contributed by atoms with Crippen molar-refractivity contribution in [3.8, 4) is 0 Å². The maximum Gasteiger partial charge on any atom is 0.330 e. The van der Waals surface area contributed by atoms with Gasteiger partial charge in [-0.3, -0.25) is 19.2 Å². The number of ether oxygens (including phenoxy) is 1. The molecule has 5 N–H and O–H groups in total. The van der Waals surface area contributed by atoms with Crippen LogP contribution in [0, 0.1) is 5.92 Å². The molecule has 11 nitrogen and oxygen atoms in total. The molecule has 0 aliphatic rings. The molecule has 0 bridgehead atoms. The van der Waals surface area contributed by atoms with Crippen LogP contribution in [0.3, 0.4) is 0 Å². The summed E-state index contributed by atoms with van der Waals surface area (Å²) in [5, 5.41) is 19.4. The fourth-order valence-electron chi connectivity index (χ4n) is 2.66. The van der Waals surface area contributed by atoms with Crippen LogP contribution in [-0.4, -0.2) is 60.4 Å². The number of anilines is 1. The van der Waals surface area contributed by atoms with Crippen LogP contribution in [-0.2, 0) is 35.3 Å². The normalized spacial score (nSPS) is 12.5. The maximum absolute atomic E-state index is 12.7. The second-order valence-electron chi connectivity index (χ2n) is 7.76. The Balaban J connectivity index is 2.54. The molecule has 34 heavy (non-hydrogen) atoms. The van der Waals surface area contributed by atoms with Crippen molar-refractivity contribution in [1.82, 2.24) is 16.0 Å². The lowest BCUT2D eigenvalue weighted by atomic mass is 10.0. The number of carbonyl (C=O) groups excluding carboxylic acids is 5. The maximum atomic E-state index is 12.7. The minimum absolute atomic E-state index is 0.00348. The quantitative estimate of drug-likeness (QED) is 0.209. The summed E-state index contributed by atoms with van der Waals surface area (Å²) in [5.74, 6) is -2.94. The molecule has 0 aliphatic carbocycles. The first-order valence-electron chi connectivity index (χ1n) is 10.7. The molecule has 1 aromatic rings. The summed E-state index contributed by atoms with van der Waals surface area (Å²) in [5.41, 5.74) is 1.22. The molecule has 2 atom stereocenters. The van der Waals surface area contributed by atoms with Crippen molar-refractivity contribution in [3.05, 3.63) is 42.0 Å². The molecule has 1 aromatic carbocycles. The lowest BCUT2D eigenvalue weighted by Crippen LogP contribution is -2.54. The van der Waals surface area contributed by atoms with Gasteiger partial charge in [-0.1, -0.05) is 26.0 Å². The van der Waals surface area contributed by atoms with E-state index in [0.717, 1.165) is 12.2 Å². The average Bonchev–Trinajstić information content (AvgIpc) is 2.80. The Labute approximate surface area is 198 Å². The summed E-state index contributed by atoms with van der Waals surface area (Å²) in [4.78, 5) is 59.8. The van der Waals surface area contributed by atoms with Crippen LogP contribution in [0.5, 0.6) is 0 Å². The molecule has 0 saturated heterocycles. The number of hydrogen-bond donors (Lipinski definition) is 5. The number of rotatable bonds is 12. The van der Waals surface area contributed by atoms with Crippen molar-refractivity contribution < 1.29 is 33.8 Å². The summed E-state index contributed by atoms with van der Waals surface area (Å²) in [6, 6.07) is 4.85. The van der Waals surface area contributed by atoms with Crippen LogP contribution in [0.4, 0.5) is 5.69 Å². The van der Waals surface area contributed by atoms with Gasteiger partial charge in [-0.05, 0) is 30.5 Å². The second kappa shape index (κ2) is 14.4. The van der Waals surface area contributed by atoms with Crippen LogP contribution in [0.2, 0.25) is 0 Å². The Bertz CT molecular complexity index is 897. The summed E-state index contributed by atoms with van der Waals surface area (Å²) in [6.45, 7) is 4.90. The van der Waals surface area contributed by atoms with E-state index in [-0.39, 0.29) is 25.5 Å². The van der Waals surface area contributed by atoms with E-state index in [9.17, 15) is 24.0 Å². The molecule has 186 valence electrons. The predicted molar refractivity (Wildman–Crippen MR) is 124 cm³/mol. The zero-order valence-corrected chi connectivity index (χ0v) is 19.7. The van der Waals surface area contributed by atoms with Gasteiger partial charge in [0.15, 0.2) is 0 Å². The lowest BCUT2D eigenvalue weighted by molar-refractivity contribution is -0.135. The SMILES string of the molecule is COC(=O)/C=C/C(=O)NCCC(=O)N[C@H](C(=O)N[C@@H](C)C(=O)Nc1ccc(CO)cc1)C(C)C. The Morgan fingerprint density at radius 2 is 1.62 bits per heavy atom. The monoisotopic (exact) mass is 476 g/mol. The highest BCUT2D eigenvalue weighted by atomic mass is 16.5. The minimum atomic E-state index is -0.887. The number of benzene rings is 1. The van der Waals surface area contributed by atoms with Gasteiger partial charge in [0.2, 0.25) is 23.6 Å². The summed E-state index contributed by atoms with van der Waals surface area (Å²) >= 11 is 0. The number of esters is 1. The van der Waals surface area contributed by atoms with E-state index in [1.54, 1.807) is 38.1 Å². The van der Waals surface area contributed by atoms with Gasteiger partial charge in [-0.2, -0.15) is 0 Å². The second-order valence-corrected chi connectivity index (χ2v) is 7.76. The number of amides is 4. The minimum Gasteiger partial charge on any atom is -0.466 e. The molecule has 11 heteroatoms. The highest BCUT2D eigenvalue weighted by molar-refractivity contribution is 5.98. The first kappa shape index (κ1) is 28.3. The van der Waals surface area contributed by atoms with E-state index in [1.165, 1.54) is 14.0 Å². The number of nitrogens with one attached hydrogen (secondary N) is 4. The van der Waals surface area contributed by atoms with Crippen molar-refractivity contribution in [2.75, 3.05) is 19.0 Å². The third-order valence-electron chi connectivity index (χ3n) is 4.64. The molecular weight excluding hydrogens is 444 g/mol. The lowest BCUT2D eigenvalue weighted by Gasteiger charge is -2.24. The Hall–Kier alpha value is -3.73. The molecule has 0 unspecified atom stereocenters. The van der Waals surface area contributed by atoms with Crippen LogP contribution in [0.25, 0.3) is 0 Å². The third kappa shape index (κ3) is 10.3. The fraction of sp³-hybridized carbons (Fsp3) is 0.435. The van der Waals surface area contributed by atoms with Gasteiger partial charge in [0.25, 0.3) is 0 Å². The van der Waals surface area contributed by atoms with Gasteiger partial charge in [-0.25, -0.2) is 4.79 Å². The molecule has 0 aliphatic heterocycles. The first-order chi connectivity index (χ1) is 16.1. The summed E-state index contributed by atoms with van der Waals surface area (Å²) < 4.78 is 4.37. The molecule has 1 rings (SSSR count). The molecular formula is C23H32N4O7. The molecule has 0 saturated carbocycles. The van der Waals surface area contributed by atoms with Crippen LogP contribution >= 0.6 is 0 Å². The largest absolute Gasteiger partial charge is 0.466 e. The van der Waals surface area contributed by atoms with Crippen molar-refractivity contribution in [3.63, 3.8) is 0 Å². The van der Waals surface area contributed by atoms with Crippen LogP contribution < -0.4 is 21.3 Å². The fourth-order valence-corrected chi connectivity index (χ4v) is 2.66. The number of methoxy groups -OCH3 is 1. The van der Waals surface area contributed by atoms with Gasteiger partial charge in [0.05, 0.1) is 13.7 Å². The van der Waals surface area contributed by atoms with E-state index in [4.69, 9.17) is 5.11 Å². The van der Waals surface area contributed by atoms with Crippen molar-refractivity contribution in [1.29, 1.82) is 0 Å². The third-order valence-corrected chi connectivity index (χ3v) is 4.64. The van der Waals surface area contributed by atoms with E-state index >= 15 is 0 Å². The van der Waals surface area contributed by atoms with Crippen LogP contribution in [0.15, 0.2) is 36.4 Å². The number of hydrogen-bond acceptors (Lipinski definition) is 7. The van der Waals surface area contributed by atoms with Crippen molar-refractivity contribution in [2.45, 2.75) is 45.9 Å². The molecule has 0 spiro atoms. The highest BCUT2D eigenvalue weighted by Gasteiger charge is 2.27. The van der Waals surface area contributed by atoms with Gasteiger partial charge in [0.1, 0.15) is 12.1 Å². The van der Waals surface area contributed by atoms with E-state index in [2.05, 4.69) is 26.0 Å². The standard InChI is InChI=1S/C23H32N4O7/c1-14(2)21(27-19(30)11-12-24-18(29)9-10-20(31)34-4)23(33)25-15(3)22(32)26-17-7-5-16(13-28)6-8-17/h5-10,14-15,21,28H,11-13H2,1-4H3,(H,24,29)(H,25,33)(H,26,32)(H,27,30)/b10-9+/t15-,21-/m0/s1. The first-order valence-corrected chi connectivity index (χ1v) is 10.7. The van der Waals surface area contributed by atoms with Gasteiger partial charge >= 0.3 is 5.97 Å². The topological polar surface area (TPSA) is 163 Å². The Morgan fingerprint density at radius 3 is 2.18 bits per heavy atom. The number of aliphatic hydroxyl groups is 1. The average molecular weight is 477 g/mol. The summed E-state index contributed by atoms with van der Waals surface area (Å²) in [7, 11) is 1.18. The van der Waals surface area contributed by atoms with E-state index in [1.807, 2.05) is 0 Å². The molecule has 0 aromatic heterocycles. The molecule has 0 heterocycles. The summed E-state index contributed by atoms with van der Waals surface area (Å²) in [6.07, 6.45) is 1.85. The molecule has 0 radical (unpaired) electrons. The zero-order chi connectivity index (χ0) is 25.7.